The quantitative estimate of drug-likeness (QED) is 0.322. The third-order valence-electron chi connectivity index (χ3n) is 7.49. The summed E-state index contributed by atoms with van der Waals surface area (Å²) in [7, 11) is 0. The van der Waals surface area contributed by atoms with Gasteiger partial charge in [0.15, 0.2) is 11.6 Å². The van der Waals surface area contributed by atoms with Crippen LogP contribution in [0.2, 0.25) is 0 Å². The first-order valence-corrected chi connectivity index (χ1v) is 12.0. The summed E-state index contributed by atoms with van der Waals surface area (Å²) in [5.41, 5.74) is 2.44. The molecule has 0 amide bonds. The maximum absolute atomic E-state index is 13.7. The summed E-state index contributed by atoms with van der Waals surface area (Å²) in [4.78, 5) is 27.3. The summed E-state index contributed by atoms with van der Waals surface area (Å²) in [6, 6.07) is 6.62. The fourth-order valence-corrected chi connectivity index (χ4v) is 5.13. The highest BCUT2D eigenvalue weighted by molar-refractivity contribution is 6.33. The molecule has 9 nitrogen and oxygen atoms in total. The number of phenols is 1. The molecule has 2 saturated heterocycles. The van der Waals surface area contributed by atoms with Crippen LogP contribution < -0.4 is 10.6 Å². The van der Waals surface area contributed by atoms with Gasteiger partial charge in [-0.15, -0.1) is 0 Å². The number of aryl methyl sites for hydroxylation is 1. The Kier molecular flexibility index (Phi) is 5.60. The van der Waals surface area contributed by atoms with Gasteiger partial charge in [-0.2, -0.15) is 9.29 Å². The number of rotatable bonds is 8. The van der Waals surface area contributed by atoms with Gasteiger partial charge in [0.05, 0.1) is 42.6 Å². The number of hydrogen-bond donors (Lipinski definition) is 5. The van der Waals surface area contributed by atoms with Crippen LogP contribution in [0.4, 0.5) is 11.4 Å². The Morgan fingerprint density at radius 1 is 0.735 bits per heavy atom. The second-order valence-corrected chi connectivity index (χ2v) is 9.81. The van der Waals surface area contributed by atoms with Crippen molar-refractivity contribution in [2.45, 2.75) is 19.8 Å². The summed E-state index contributed by atoms with van der Waals surface area (Å²) in [5, 5.41) is 37.7. The fourth-order valence-electron chi connectivity index (χ4n) is 5.13. The molecule has 0 spiro atoms. The highest BCUT2D eigenvalue weighted by atomic mass is 16.6. The van der Waals surface area contributed by atoms with Gasteiger partial charge in [-0.25, -0.2) is 10.4 Å². The van der Waals surface area contributed by atoms with E-state index in [1.807, 2.05) is 0 Å². The van der Waals surface area contributed by atoms with Crippen molar-refractivity contribution < 1.29 is 34.4 Å². The molecule has 5 N–H and O–H groups in total. The lowest BCUT2D eigenvalue weighted by atomic mass is 9.80. The van der Waals surface area contributed by atoms with Gasteiger partial charge in [-0.1, -0.05) is 6.07 Å². The predicted octanol–water partition coefficient (Wildman–Crippen LogP) is 2.52. The Bertz CT molecular complexity index is 1080. The van der Waals surface area contributed by atoms with E-state index in [1.54, 1.807) is 25.1 Å². The molecule has 0 radical (unpaired) electrons. The number of carbonyl (C=O) groups excluding carboxylic acids is 2. The van der Waals surface area contributed by atoms with Gasteiger partial charge in [0.1, 0.15) is 45.0 Å². The first-order valence-electron chi connectivity index (χ1n) is 12.0. The third kappa shape index (κ3) is 3.84. The SMILES string of the molecule is Cc1ccc(O)c2c1C(=O)c1c(NCC[N+]3(O)CCC3)ccc(NCC[N+]3(O)CCC3)c1C2=O. The molecule has 0 atom stereocenters. The molecule has 2 fully saturated rings. The Balaban J connectivity index is 1.49. The topological polar surface area (TPSA) is 119 Å². The minimum absolute atomic E-state index is 0.00564. The number of anilines is 2. The zero-order chi connectivity index (χ0) is 24.1. The zero-order valence-electron chi connectivity index (χ0n) is 19.4. The molecular weight excluding hydrogens is 436 g/mol. The van der Waals surface area contributed by atoms with Crippen LogP contribution in [-0.4, -0.2) is 88.7 Å². The Labute approximate surface area is 198 Å². The van der Waals surface area contributed by atoms with E-state index < -0.39 is 5.78 Å². The van der Waals surface area contributed by atoms with E-state index in [0.717, 1.165) is 25.9 Å². The summed E-state index contributed by atoms with van der Waals surface area (Å²) >= 11 is 0. The molecule has 2 aromatic carbocycles. The fraction of sp³-hybridized carbons (Fsp3) is 0.440. The second kappa shape index (κ2) is 8.35. The number of hydroxylamine groups is 6. The van der Waals surface area contributed by atoms with Crippen LogP contribution in [0.5, 0.6) is 5.75 Å². The summed E-state index contributed by atoms with van der Waals surface area (Å²) in [6.07, 6.45) is 1.98. The monoisotopic (exact) mass is 468 g/mol. The lowest BCUT2D eigenvalue weighted by Crippen LogP contribution is -2.57. The Hall–Kier alpha value is -2.98. The van der Waals surface area contributed by atoms with Crippen molar-refractivity contribution in [2.75, 3.05) is 63.0 Å². The van der Waals surface area contributed by atoms with Gasteiger partial charge >= 0.3 is 0 Å². The van der Waals surface area contributed by atoms with Crippen LogP contribution in [0.3, 0.4) is 0 Å². The molecule has 2 aromatic rings. The zero-order valence-corrected chi connectivity index (χ0v) is 19.4. The summed E-state index contributed by atoms with van der Waals surface area (Å²) in [6.45, 7) is 6.51. The maximum atomic E-state index is 13.7. The van der Waals surface area contributed by atoms with E-state index in [4.69, 9.17) is 0 Å². The van der Waals surface area contributed by atoms with Crippen molar-refractivity contribution in [1.29, 1.82) is 0 Å². The largest absolute Gasteiger partial charge is 0.507 e. The molecule has 34 heavy (non-hydrogen) atoms. The van der Waals surface area contributed by atoms with Crippen LogP contribution in [0.25, 0.3) is 0 Å². The van der Waals surface area contributed by atoms with Crippen molar-refractivity contribution in [3.05, 3.63) is 52.1 Å². The lowest BCUT2D eigenvalue weighted by Gasteiger charge is -2.37. The van der Waals surface area contributed by atoms with E-state index in [0.29, 0.717) is 56.2 Å². The van der Waals surface area contributed by atoms with Gasteiger partial charge in [-0.05, 0) is 30.7 Å². The van der Waals surface area contributed by atoms with Crippen LogP contribution in [-0.2, 0) is 0 Å². The number of fused-ring (bicyclic) bond motifs is 2. The molecule has 0 unspecified atom stereocenters. The number of quaternary nitrogens is 2. The normalized spacial score (nSPS) is 19.5. The van der Waals surface area contributed by atoms with E-state index in [1.165, 1.54) is 6.07 Å². The molecule has 0 bridgehead atoms. The molecule has 2 heterocycles. The predicted molar refractivity (Wildman–Crippen MR) is 126 cm³/mol. The highest BCUT2D eigenvalue weighted by Gasteiger charge is 2.38. The minimum Gasteiger partial charge on any atom is -0.507 e. The van der Waals surface area contributed by atoms with Crippen LogP contribution in [0.15, 0.2) is 24.3 Å². The molecular formula is C25H32N4O5+2. The number of aromatic hydroxyl groups is 1. The molecule has 5 rings (SSSR count). The molecule has 3 aliphatic rings. The Morgan fingerprint density at radius 3 is 1.65 bits per heavy atom. The molecule has 0 saturated carbocycles. The second-order valence-electron chi connectivity index (χ2n) is 9.81. The standard InChI is InChI=1S/C25H30N4O5/c1-16-4-7-19(30)23-20(16)24(31)21-17(26-8-14-28(33)10-2-11-28)5-6-18(22(21)25(23)32)27-9-15-29(34)12-3-13-29/h4-7,33-34H,2-3,8-15H2,1H3,(H-2,26,27,30,31,32)/p+2. The highest BCUT2D eigenvalue weighted by Crippen LogP contribution is 2.40. The molecule has 9 heteroatoms. The molecule has 1 aliphatic carbocycles. The lowest BCUT2D eigenvalue weighted by molar-refractivity contribution is -1.13. The van der Waals surface area contributed by atoms with E-state index in [9.17, 15) is 25.1 Å². The molecule has 180 valence electrons. The van der Waals surface area contributed by atoms with Gasteiger partial charge in [-0.3, -0.25) is 9.59 Å². The van der Waals surface area contributed by atoms with E-state index in [2.05, 4.69) is 10.6 Å². The van der Waals surface area contributed by atoms with E-state index in [-0.39, 0.29) is 43.1 Å². The minimum atomic E-state index is -0.401. The van der Waals surface area contributed by atoms with Crippen LogP contribution in [0.1, 0.15) is 50.2 Å². The number of nitrogens with zero attached hydrogens (tertiary/aromatic N) is 2. The number of nitrogens with one attached hydrogen (secondary N) is 2. The first kappa shape index (κ1) is 22.8. The van der Waals surface area contributed by atoms with Crippen LogP contribution in [0, 0.1) is 6.92 Å². The van der Waals surface area contributed by atoms with Gasteiger partial charge in [0.2, 0.25) is 0 Å². The maximum Gasteiger partial charge on any atom is 0.200 e. The van der Waals surface area contributed by atoms with E-state index >= 15 is 0 Å². The third-order valence-corrected chi connectivity index (χ3v) is 7.49. The number of phenolic OH excluding ortho intramolecular Hbond substituents is 1. The van der Waals surface area contributed by atoms with Gasteiger partial charge < -0.3 is 15.7 Å². The summed E-state index contributed by atoms with van der Waals surface area (Å²) < 4.78 is 0.0182. The average Bonchev–Trinajstić information content (AvgIpc) is 2.77. The number of likely N-dealkylation sites (tertiary alicyclic amines) is 2. The van der Waals surface area contributed by atoms with Crippen molar-refractivity contribution in [3.63, 3.8) is 0 Å². The van der Waals surface area contributed by atoms with Crippen molar-refractivity contribution in [1.82, 2.24) is 0 Å². The van der Waals surface area contributed by atoms with Crippen molar-refractivity contribution in [2.24, 2.45) is 0 Å². The number of ketones is 2. The Morgan fingerprint density at radius 2 is 1.21 bits per heavy atom. The van der Waals surface area contributed by atoms with Crippen molar-refractivity contribution in [3.8, 4) is 5.75 Å². The van der Waals surface area contributed by atoms with Crippen molar-refractivity contribution >= 4 is 22.9 Å². The number of hydrogen-bond acceptors (Lipinski definition) is 7. The molecule has 0 aromatic heterocycles. The van der Waals surface area contributed by atoms with Crippen LogP contribution >= 0.6 is 0 Å². The molecule has 2 aliphatic heterocycles. The number of benzene rings is 2. The average molecular weight is 469 g/mol. The number of carbonyl (C=O) groups is 2. The smallest absolute Gasteiger partial charge is 0.200 e. The van der Waals surface area contributed by atoms with Gasteiger partial charge in [0.25, 0.3) is 0 Å². The first-order chi connectivity index (χ1) is 16.2. The summed E-state index contributed by atoms with van der Waals surface area (Å²) in [5.74, 6) is -0.921. The van der Waals surface area contributed by atoms with Gasteiger partial charge in [0, 0.05) is 16.9 Å².